The van der Waals surface area contributed by atoms with Gasteiger partial charge in [-0.15, -0.1) is 0 Å². The number of ether oxygens (including phenoxy) is 1. The molecule has 0 aromatic heterocycles. The van der Waals surface area contributed by atoms with Crippen LogP contribution in [-0.2, 0) is 19.6 Å². The summed E-state index contributed by atoms with van der Waals surface area (Å²) in [6.07, 6.45) is 1.94. The highest BCUT2D eigenvalue weighted by Crippen LogP contribution is 2.70. The molecule has 0 N–H and O–H groups in total. The lowest BCUT2D eigenvalue weighted by atomic mass is 9.69. The predicted octanol–water partition coefficient (Wildman–Crippen LogP) is 4.10. The fraction of sp³-hybridized carbons (Fsp3) is 0.680. The molecule has 0 unspecified atom stereocenters. The molecule has 2 amide bonds. The van der Waals surface area contributed by atoms with Crippen molar-refractivity contribution < 1.29 is 22.7 Å². The Balaban J connectivity index is 1.54. The number of nitrogens with zero attached hydrogens (tertiary/aromatic N) is 2. The Labute approximate surface area is 196 Å². The highest BCUT2D eigenvalue weighted by atomic mass is 32.2. The average molecular weight is 475 g/mol. The number of hydrogen-bond donors (Lipinski definition) is 0. The summed E-state index contributed by atoms with van der Waals surface area (Å²) in [6.45, 7) is 11.3. The van der Waals surface area contributed by atoms with E-state index in [0.717, 1.165) is 18.4 Å². The molecule has 5 atom stereocenters. The number of benzene rings is 1. The van der Waals surface area contributed by atoms with Crippen LogP contribution in [0.15, 0.2) is 30.3 Å². The molecular weight excluding hydrogens is 440 g/mol. The zero-order valence-corrected chi connectivity index (χ0v) is 21.1. The molecule has 8 heteroatoms. The second-order valence-electron chi connectivity index (χ2n) is 12.0. The molecule has 2 aliphatic carbocycles. The quantitative estimate of drug-likeness (QED) is 0.603. The maximum absolute atomic E-state index is 14.1. The largest absolute Gasteiger partial charge is 0.444 e. The van der Waals surface area contributed by atoms with E-state index in [0.29, 0.717) is 12.3 Å². The summed E-state index contributed by atoms with van der Waals surface area (Å²) < 4.78 is 33.7. The maximum atomic E-state index is 14.1. The molecule has 0 radical (unpaired) electrons. The Hall–Kier alpha value is -2.09. The number of hydrogen-bond acceptors (Lipinski definition) is 5. The van der Waals surface area contributed by atoms with Gasteiger partial charge in [0.05, 0.1) is 17.8 Å². The molecule has 4 fully saturated rings. The molecule has 2 saturated heterocycles. The van der Waals surface area contributed by atoms with Gasteiger partial charge in [0.25, 0.3) is 5.91 Å². The van der Waals surface area contributed by atoms with E-state index in [2.05, 4.69) is 13.8 Å². The Kier molecular flexibility index (Phi) is 4.48. The Morgan fingerprint density at radius 3 is 2.30 bits per heavy atom. The lowest BCUT2D eigenvalue weighted by Crippen LogP contribution is -2.50. The van der Waals surface area contributed by atoms with E-state index in [1.165, 1.54) is 9.21 Å². The molecule has 4 aliphatic rings. The second kappa shape index (κ2) is 6.52. The van der Waals surface area contributed by atoms with Gasteiger partial charge in [-0.05, 0) is 63.9 Å². The zero-order chi connectivity index (χ0) is 24.2. The summed E-state index contributed by atoms with van der Waals surface area (Å²) in [4.78, 5) is 28.7. The molecule has 2 aliphatic heterocycles. The summed E-state index contributed by atoms with van der Waals surface area (Å²) in [5.74, 6) is -0.0852. The van der Waals surface area contributed by atoms with Crippen molar-refractivity contribution in [2.24, 2.45) is 16.7 Å². The zero-order valence-electron chi connectivity index (χ0n) is 20.3. The topological polar surface area (TPSA) is 83.8 Å². The SMILES string of the molecule is CC(C)(C)OC(=O)N1[C@@H](c2ccccc2)[C@]1(C)C(=O)N1[C@@H]2C[C@H]3CC[C@]2(CS1(=O)=O)C3(C)C. The molecule has 7 nitrogen and oxygen atoms in total. The van der Waals surface area contributed by atoms with Crippen LogP contribution < -0.4 is 0 Å². The van der Waals surface area contributed by atoms with Gasteiger partial charge in [0.1, 0.15) is 11.1 Å². The van der Waals surface area contributed by atoms with Crippen molar-refractivity contribution in [2.45, 2.75) is 84.0 Å². The van der Waals surface area contributed by atoms with Crippen LogP contribution in [0.1, 0.15) is 72.4 Å². The number of amides is 2. The third kappa shape index (κ3) is 2.88. The molecule has 1 aromatic rings. The van der Waals surface area contributed by atoms with Gasteiger partial charge in [0, 0.05) is 5.41 Å². The molecule has 2 bridgehead atoms. The molecule has 33 heavy (non-hydrogen) atoms. The molecule has 2 saturated carbocycles. The minimum Gasteiger partial charge on any atom is -0.444 e. The van der Waals surface area contributed by atoms with Gasteiger partial charge < -0.3 is 4.74 Å². The van der Waals surface area contributed by atoms with Gasteiger partial charge >= 0.3 is 6.09 Å². The van der Waals surface area contributed by atoms with Crippen molar-refractivity contribution in [2.75, 3.05) is 5.75 Å². The molecule has 5 rings (SSSR count). The van der Waals surface area contributed by atoms with Crippen LogP contribution in [0.5, 0.6) is 0 Å². The van der Waals surface area contributed by atoms with Crippen molar-refractivity contribution in [1.82, 2.24) is 9.21 Å². The minimum atomic E-state index is -3.79. The summed E-state index contributed by atoms with van der Waals surface area (Å²) in [7, 11) is -3.79. The number of fused-ring (bicyclic) bond motifs is 1. The second-order valence-corrected chi connectivity index (χ2v) is 13.9. The summed E-state index contributed by atoms with van der Waals surface area (Å²) in [5.41, 5.74) is -1.79. The molecule has 1 spiro atoms. The van der Waals surface area contributed by atoms with Crippen molar-refractivity contribution in [3.8, 4) is 0 Å². The van der Waals surface area contributed by atoms with Gasteiger partial charge in [0.15, 0.2) is 0 Å². The summed E-state index contributed by atoms with van der Waals surface area (Å²) in [5, 5.41) is 0. The Bertz CT molecular complexity index is 1130. The van der Waals surface area contributed by atoms with Gasteiger partial charge in [-0.2, -0.15) is 0 Å². The van der Waals surface area contributed by atoms with Crippen LogP contribution in [0.4, 0.5) is 4.79 Å². The molecular formula is C25H34N2O5S. The van der Waals surface area contributed by atoms with E-state index >= 15 is 0 Å². The van der Waals surface area contributed by atoms with E-state index in [9.17, 15) is 18.0 Å². The minimum absolute atomic E-state index is 0.0123. The summed E-state index contributed by atoms with van der Waals surface area (Å²) in [6, 6.07) is 8.40. The van der Waals surface area contributed by atoms with Gasteiger partial charge in [-0.3, -0.25) is 9.69 Å². The number of sulfonamides is 1. The van der Waals surface area contributed by atoms with Crippen molar-refractivity contribution in [3.05, 3.63) is 35.9 Å². The third-order valence-electron chi connectivity index (χ3n) is 8.97. The van der Waals surface area contributed by atoms with Crippen molar-refractivity contribution in [3.63, 3.8) is 0 Å². The van der Waals surface area contributed by atoms with Gasteiger partial charge in [-0.25, -0.2) is 17.5 Å². The monoisotopic (exact) mass is 474 g/mol. The first-order chi connectivity index (χ1) is 15.2. The first-order valence-corrected chi connectivity index (χ1v) is 13.4. The van der Waals surface area contributed by atoms with E-state index in [1.807, 2.05) is 30.3 Å². The number of carbonyl (C=O) groups is 2. The normalized spacial score (nSPS) is 37.7. The van der Waals surface area contributed by atoms with Gasteiger partial charge in [0.2, 0.25) is 10.0 Å². The van der Waals surface area contributed by atoms with Crippen molar-refractivity contribution >= 4 is 22.0 Å². The van der Waals surface area contributed by atoms with Crippen LogP contribution >= 0.6 is 0 Å². The van der Waals surface area contributed by atoms with Crippen LogP contribution in [-0.4, -0.2) is 52.6 Å². The number of rotatable bonds is 2. The average Bonchev–Trinajstić information content (AvgIpc) is 3.08. The Morgan fingerprint density at radius 1 is 1.09 bits per heavy atom. The van der Waals surface area contributed by atoms with E-state index in [-0.39, 0.29) is 17.2 Å². The number of carbonyl (C=O) groups excluding carboxylic acids is 2. The van der Waals surface area contributed by atoms with Crippen LogP contribution in [0.3, 0.4) is 0 Å². The fourth-order valence-corrected chi connectivity index (χ4v) is 9.72. The van der Waals surface area contributed by atoms with E-state index in [1.54, 1.807) is 27.7 Å². The van der Waals surface area contributed by atoms with Crippen LogP contribution in [0, 0.1) is 16.7 Å². The third-order valence-corrected chi connectivity index (χ3v) is 10.9. The van der Waals surface area contributed by atoms with E-state index in [4.69, 9.17) is 4.74 Å². The van der Waals surface area contributed by atoms with Crippen LogP contribution in [0.25, 0.3) is 0 Å². The maximum Gasteiger partial charge on any atom is 0.411 e. The molecule has 1 aromatic carbocycles. The molecule has 2 heterocycles. The summed E-state index contributed by atoms with van der Waals surface area (Å²) >= 11 is 0. The Morgan fingerprint density at radius 2 is 1.73 bits per heavy atom. The van der Waals surface area contributed by atoms with Crippen LogP contribution in [0.2, 0.25) is 0 Å². The smallest absolute Gasteiger partial charge is 0.411 e. The fourth-order valence-electron chi connectivity index (χ4n) is 7.10. The highest BCUT2D eigenvalue weighted by Gasteiger charge is 2.77. The van der Waals surface area contributed by atoms with Gasteiger partial charge in [-0.1, -0.05) is 44.2 Å². The first kappa shape index (κ1) is 22.7. The van der Waals surface area contributed by atoms with Crippen molar-refractivity contribution in [1.29, 1.82) is 0 Å². The lowest BCUT2D eigenvalue weighted by molar-refractivity contribution is -0.132. The molecule has 180 valence electrons. The predicted molar refractivity (Wildman–Crippen MR) is 124 cm³/mol. The van der Waals surface area contributed by atoms with E-state index < -0.39 is 44.6 Å². The standard InChI is InChI=1S/C25H34N2O5S/c1-22(2,3)32-21(29)26-19(16-10-8-7-9-11-16)24(26,6)20(28)27-18-14-17-12-13-25(18,23(17,4)5)15-33(27,30)31/h7-11,17-19H,12-15H2,1-6H3/t17-,18-,19+,24-,25-,26?/m1/s1. The first-order valence-electron chi connectivity index (χ1n) is 11.8. The lowest BCUT2D eigenvalue weighted by Gasteiger charge is -2.37. The highest BCUT2D eigenvalue weighted by molar-refractivity contribution is 7.90.